The van der Waals surface area contributed by atoms with Gasteiger partial charge in [0.15, 0.2) is 6.61 Å². The maximum atomic E-state index is 12.0. The second-order valence-electron chi connectivity index (χ2n) is 6.12. The molecule has 1 amide bonds. The van der Waals surface area contributed by atoms with Crippen LogP contribution in [0.5, 0.6) is 11.5 Å². The Morgan fingerprint density at radius 2 is 2.00 bits per heavy atom. The Hall–Kier alpha value is -2.34. The normalized spacial score (nSPS) is 11.0. The van der Waals surface area contributed by atoms with Gasteiger partial charge < -0.3 is 9.47 Å². The number of hydrogen-bond acceptors (Lipinski definition) is 4. The summed E-state index contributed by atoms with van der Waals surface area (Å²) in [5, 5.41) is 3.96. The first kappa shape index (κ1) is 20.0. The van der Waals surface area contributed by atoms with Gasteiger partial charge in [-0.1, -0.05) is 41.9 Å². The molecule has 0 aliphatic heterocycles. The van der Waals surface area contributed by atoms with E-state index in [1.54, 1.807) is 13.3 Å². The van der Waals surface area contributed by atoms with Crippen LogP contribution in [0, 0.1) is 6.92 Å². The number of carbonyl (C=O) groups excluding carboxylic acids is 1. The molecule has 6 heteroatoms. The van der Waals surface area contributed by atoms with Crippen molar-refractivity contribution in [2.24, 2.45) is 5.10 Å². The van der Waals surface area contributed by atoms with Crippen molar-refractivity contribution >= 4 is 28.1 Å². The minimum atomic E-state index is -0.327. The molecule has 0 aliphatic rings. The summed E-state index contributed by atoms with van der Waals surface area (Å²) in [5.41, 5.74) is 5.35. The van der Waals surface area contributed by atoms with Crippen molar-refractivity contribution < 1.29 is 14.3 Å². The van der Waals surface area contributed by atoms with E-state index >= 15 is 0 Å². The van der Waals surface area contributed by atoms with Crippen LogP contribution in [-0.4, -0.2) is 25.8 Å². The second kappa shape index (κ2) is 9.38. The Morgan fingerprint density at radius 3 is 2.69 bits per heavy atom. The minimum Gasteiger partial charge on any atom is -0.496 e. The van der Waals surface area contributed by atoms with Gasteiger partial charge in [0.2, 0.25) is 0 Å². The lowest BCUT2D eigenvalue weighted by molar-refractivity contribution is -0.123. The third kappa shape index (κ3) is 5.33. The Balaban J connectivity index is 1.97. The maximum absolute atomic E-state index is 12.0. The van der Waals surface area contributed by atoms with Crippen LogP contribution in [0.25, 0.3) is 0 Å². The third-order valence-corrected chi connectivity index (χ3v) is 4.66. The molecule has 0 heterocycles. The molecule has 2 rings (SSSR count). The van der Waals surface area contributed by atoms with E-state index in [-0.39, 0.29) is 18.4 Å². The summed E-state index contributed by atoms with van der Waals surface area (Å²) in [6.07, 6.45) is 1.54. The zero-order valence-electron chi connectivity index (χ0n) is 15.4. The van der Waals surface area contributed by atoms with Gasteiger partial charge in [0.1, 0.15) is 11.5 Å². The molecule has 0 aromatic heterocycles. The van der Waals surface area contributed by atoms with E-state index in [4.69, 9.17) is 9.47 Å². The SMILES string of the molecule is COc1ccccc1/C=N/NC(=O)COc1cc(C)c(Br)cc1C(C)C. The van der Waals surface area contributed by atoms with Crippen LogP contribution in [0.1, 0.15) is 36.5 Å². The topological polar surface area (TPSA) is 59.9 Å². The van der Waals surface area contributed by atoms with Crippen LogP contribution in [0.15, 0.2) is 46.0 Å². The first-order valence-electron chi connectivity index (χ1n) is 8.30. The van der Waals surface area contributed by atoms with Crippen molar-refractivity contribution in [1.82, 2.24) is 5.43 Å². The van der Waals surface area contributed by atoms with Crippen molar-refractivity contribution in [3.05, 3.63) is 57.6 Å². The number of amides is 1. The number of aryl methyl sites for hydroxylation is 1. The van der Waals surface area contributed by atoms with Gasteiger partial charge in [-0.2, -0.15) is 5.10 Å². The number of hydrogen-bond donors (Lipinski definition) is 1. The van der Waals surface area contributed by atoms with Gasteiger partial charge in [-0.05, 0) is 48.2 Å². The molecule has 138 valence electrons. The van der Waals surface area contributed by atoms with E-state index in [2.05, 4.69) is 40.3 Å². The molecule has 0 fully saturated rings. The van der Waals surface area contributed by atoms with Crippen LogP contribution >= 0.6 is 15.9 Å². The van der Waals surface area contributed by atoms with Crippen molar-refractivity contribution in [2.75, 3.05) is 13.7 Å². The fourth-order valence-corrected chi connectivity index (χ4v) is 2.73. The highest BCUT2D eigenvalue weighted by Gasteiger charge is 2.12. The van der Waals surface area contributed by atoms with Crippen LogP contribution in [0.4, 0.5) is 0 Å². The fraction of sp³-hybridized carbons (Fsp3) is 0.300. The molecule has 0 unspecified atom stereocenters. The minimum absolute atomic E-state index is 0.107. The highest BCUT2D eigenvalue weighted by atomic mass is 79.9. The van der Waals surface area contributed by atoms with Gasteiger partial charge >= 0.3 is 0 Å². The summed E-state index contributed by atoms with van der Waals surface area (Å²) in [5.74, 6) is 1.36. The fourth-order valence-electron chi connectivity index (χ4n) is 2.37. The number of nitrogens with zero attached hydrogens (tertiary/aromatic N) is 1. The van der Waals surface area contributed by atoms with Gasteiger partial charge in [0.05, 0.1) is 13.3 Å². The van der Waals surface area contributed by atoms with Gasteiger partial charge in [-0.3, -0.25) is 4.79 Å². The van der Waals surface area contributed by atoms with Gasteiger partial charge in [-0.15, -0.1) is 0 Å². The van der Waals surface area contributed by atoms with E-state index in [9.17, 15) is 4.79 Å². The van der Waals surface area contributed by atoms with Crippen LogP contribution in [-0.2, 0) is 4.79 Å². The van der Waals surface area contributed by atoms with Crippen molar-refractivity contribution in [3.63, 3.8) is 0 Å². The maximum Gasteiger partial charge on any atom is 0.277 e. The molecule has 1 N–H and O–H groups in total. The van der Waals surface area contributed by atoms with E-state index in [0.717, 1.165) is 21.2 Å². The molecule has 5 nitrogen and oxygen atoms in total. The molecular formula is C20H23BrN2O3. The quantitative estimate of drug-likeness (QED) is 0.534. The number of benzene rings is 2. The molecule has 26 heavy (non-hydrogen) atoms. The average Bonchev–Trinajstić information content (AvgIpc) is 2.62. The molecule has 2 aromatic carbocycles. The molecule has 0 spiro atoms. The number of nitrogens with one attached hydrogen (secondary N) is 1. The summed E-state index contributed by atoms with van der Waals surface area (Å²) in [6.45, 7) is 6.05. The van der Waals surface area contributed by atoms with Gasteiger partial charge in [0.25, 0.3) is 5.91 Å². The summed E-state index contributed by atoms with van der Waals surface area (Å²) >= 11 is 3.53. The van der Waals surface area contributed by atoms with Gasteiger partial charge in [0, 0.05) is 10.0 Å². The van der Waals surface area contributed by atoms with E-state index in [1.807, 2.05) is 43.3 Å². The van der Waals surface area contributed by atoms with E-state index in [0.29, 0.717) is 11.5 Å². The summed E-state index contributed by atoms with van der Waals surface area (Å²) in [7, 11) is 1.59. The average molecular weight is 419 g/mol. The number of carbonyl (C=O) groups is 1. The Kier molecular flexibility index (Phi) is 7.21. The molecule has 0 radical (unpaired) electrons. The molecule has 2 aromatic rings. The second-order valence-corrected chi connectivity index (χ2v) is 6.97. The largest absolute Gasteiger partial charge is 0.496 e. The zero-order valence-corrected chi connectivity index (χ0v) is 17.0. The lowest BCUT2D eigenvalue weighted by Crippen LogP contribution is -2.25. The van der Waals surface area contributed by atoms with Crippen molar-refractivity contribution in [2.45, 2.75) is 26.7 Å². The number of para-hydroxylation sites is 1. The number of rotatable bonds is 7. The van der Waals surface area contributed by atoms with Crippen molar-refractivity contribution in [1.29, 1.82) is 0 Å². The predicted molar refractivity (Wildman–Crippen MR) is 107 cm³/mol. The molecule has 0 atom stereocenters. The first-order valence-corrected chi connectivity index (χ1v) is 9.09. The van der Waals surface area contributed by atoms with E-state index in [1.165, 1.54) is 0 Å². The number of methoxy groups -OCH3 is 1. The molecular weight excluding hydrogens is 396 g/mol. The Bertz CT molecular complexity index is 804. The summed E-state index contributed by atoms with van der Waals surface area (Å²) < 4.78 is 12.0. The number of hydrazone groups is 1. The standard InChI is InChI=1S/C20H23BrN2O3/c1-13(2)16-10-17(21)14(3)9-19(16)26-12-20(24)23-22-11-15-7-5-6-8-18(15)25-4/h5-11,13H,12H2,1-4H3,(H,23,24)/b22-11+. The first-order chi connectivity index (χ1) is 12.4. The summed E-state index contributed by atoms with van der Waals surface area (Å²) in [6, 6.07) is 11.4. The van der Waals surface area contributed by atoms with Crippen molar-refractivity contribution in [3.8, 4) is 11.5 Å². The monoisotopic (exact) mass is 418 g/mol. The number of ether oxygens (including phenoxy) is 2. The number of halogens is 1. The lowest BCUT2D eigenvalue weighted by atomic mass is 10.0. The Labute approximate surface area is 162 Å². The smallest absolute Gasteiger partial charge is 0.277 e. The zero-order chi connectivity index (χ0) is 19.1. The molecule has 0 bridgehead atoms. The van der Waals surface area contributed by atoms with Crippen LogP contribution in [0.2, 0.25) is 0 Å². The van der Waals surface area contributed by atoms with Gasteiger partial charge in [-0.25, -0.2) is 5.43 Å². The molecule has 0 aliphatic carbocycles. The highest BCUT2D eigenvalue weighted by Crippen LogP contribution is 2.32. The molecule has 0 saturated heterocycles. The van der Waals surface area contributed by atoms with E-state index < -0.39 is 0 Å². The third-order valence-electron chi connectivity index (χ3n) is 3.80. The van der Waals surface area contributed by atoms with Crippen LogP contribution in [0.3, 0.4) is 0 Å². The predicted octanol–water partition coefficient (Wildman–Crippen LogP) is 4.42. The Morgan fingerprint density at radius 1 is 1.27 bits per heavy atom. The lowest BCUT2D eigenvalue weighted by Gasteiger charge is -2.15. The summed E-state index contributed by atoms with van der Waals surface area (Å²) in [4.78, 5) is 12.0. The highest BCUT2D eigenvalue weighted by molar-refractivity contribution is 9.10. The molecule has 0 saturated carbocycles. The van der Waals surface area contributed by atoms with Crippen LogP contribution < -0.4 is 14.9 Å².